The summed E-state index contributed by atoms with van der Waals surface area (Å²) >= 11 is 1.45. The molecule has 0 saturated heterocycles. The van der Waals surface area contributed by atoms with Gasteiger partial charge >= 0.3 is 6.09 Å². The van der Waals surface area contributed by atoms with Crippen LogP contribution in [0.15, 0.2) is 35.6 Å². The van der Waals surface area contributed by atoms with Crippen LogP contribution in [-0.2, 0) is 6.42 Å². The average Bonchev–Trinajstić information content (AvgIpc) is 2.97. The Bertz CT molecular complexity index is 895. The van der Waals surface area contributed by atoms with Gasteiger partial charge in [-0.3, -0.25) is 5.32 Å². The van der Waals surface area contributed by atoms with Crippen LogP contribution in [0.4, 0.5) is 22.1 Å². The van der Waals surface area contributed by atoms with Gasteiger partial charge in [-0.2, -0.15) is 14.6 Å². The molecule has 3 N–H and O–H groups in total. The van der Waals surface area contributed by atoms with Crippen molar-refractivity contribution in [2.75, 3.05) is 16.9 Å². The standard InChI is InChI=1S/C15H16N6O2S/c1-3-9-8-16-21-12(9)19-14(24-2)20-13(21)17-10-5-4-6-11(7-10)18-15(22)23/h4-8,18H,3H2,1-2H3,(H,22,23)(H,17,19,20). The molecule has 3 aromatic rings. The molecular weight excluding hydrogens is 328 g/mol. The van der Waals surface area contributed by atoms with Crippen LogP contribution in [-0.4, -0.2) is 37.0 Å². The van der Waals surface area contributed by atoms with Gasteiger partial charge < -0.3 is 10.4 Å². The Morgan fingerprint density at radius 3 is 2.83 bits per heavy atom. The number of carboxylic acid groups (broad SMARTS) is 1. The predicted octanol–water partition coefficient (Wildman–Crippen LogP) is 3.24. The van der Waals surface area contributed by atoms with Gasteiger partial charge in [0.05, 0.1) is 6.20 Å². The number of hydrogen-bond acceptors (Lipinski definition) is 6. The van der Waals surface area contributed by atoms with E-state index in [1.54, 1.807) is 28.9 Å². The number of benzene rings is 1. The maximum Gasteiger partial charge on any atom is 0.409 e. The highest BCUT2D eigenvalue weighted by atomic mass is 32.2. The van der Waals surface area contributed by atoms with Gasteiger partial charge in [0.15, 0.2) is 10.8 Å². The molecule has 2 heterocycles. The Balaban J connectivity index is 2.00. The average molecular weight is 344 g/mol. The predicted molar refractivity (Wildman–Crippen MR) is 93.3 cm³/mol. The molecular formula is C15H16N6O2S. The zero-order valence-corrected chi connectivity index (χ0v) is 14.0. The minimum absolute atomic E-state index is 0.470. The highest BCUT2D eigenvalue weighted by molar-refractivity contribution is 7.98. The van der Waals surface area contributed by atoms with E-state index < -0.39 is 6.09 Å². The third kappa shape index (κ3) is 3.25. The fourth-order valence-corrected chi connectivity index (χ4v) is 2.61. The van der Waals surface area contributed by atoms with Gasteiger partial charge in [-0.1, -0.05) is 24.8 Å². The smallest absolute Gasteiger partial charge is 0.409 e. The van der Waals surface area contributed by atoms with Gasteiger partial charge in [0, 0.05) is 16.9 Å². The number of thioether (sulfide) groups is 1. The minimum atomic E-state index is -1.11. The SMILES string of the molecule is CCc1cnn2c(Nc3cccc(NC(=O)O)c3)nc(SC)nc12. The van der Waals surface area contributed by atoms with Crippen LogP contribution in [0.1, 0.15) is 12.5 Å². The second-order valence-electron chi connectivity index (χ2n) is 4.93. The van der Waals surface area contributed by atoms with E-state index in [0.29, 0.717) is 22.5 Å². The molecule has 0 atom stereocenters. The van der Waals surface area contributed by atoms with Crippen molar-refractivity contribution < 1.29 is 9.90 Å². The second-order valence-corrected chi connectivity index (χ2v) is 5.70. The Morgan fingerprint density at radius 2 is 2.12 bits per heavy atom. The summed E-state index contributed by atoms with van der Waals surface area (Å²) in [4.78, 5) is 19.7. The third-order valence-corrected chi connectivity index (χ3v) is 3.90. The molecule has 0 aliphatic carbocycles. The van der Waals surface area contributed by atoms with Crippen LogP contribution < -0.4 is 10.6 Å². The number of hydrogen-bond donors (Lipinski definition) is 3. The molecule has 24 heavy (non-hydrogen) atoms. The number of fused-ring (bicyclic) bond motifs is 1. The van der Waals surface area contributed by atoms with Crippen molar-refractivity contribution in [1.82, 2.24) is 19.6 Å². The lowest BCUT2D eigenvalue weighted by Crippen LogP contribution is -2.08. The van der Waals surface area contributed by atoms with E-state index in [-0.39, 0.29) is 0 Å². The molecule has 1 amide bonds. The lowest BCUT2D eigenvalue weighted by molar-refractivity contribution is 0.210. The Labute approximate surface area is 142 Å². The van der Waals surface area contributed by atoms with Crippen molar-refractivity contribution in [3.8, 4) is 0 Å². The molecule has 8 nitrogen and oxygen atoms in total. The van der Waals surface area contributed by atoms with Crippen LogP contribution in [0.2, 0.25) is 0 Å². The van der Waals surface area contributed by atoms with E-state index in [9.17, 15) is 4.79 Å². The normalized spacial score (nSPS) is 10.8. The number of anilines is 3. The molecule has 3 rings (SSSR count). The maximum absolute atomic E-state index is 10.8. The van der Waals surface area contributed by atoms with Crippen molar-refractivity contribution in [2.24, 2.45) is 0 Å². The molecule has 124 valence electrons. The first kappa shape index (κ1) is 16.1. The zero-order chi connectivity index (χ0) is 17.1. The number of nitrogens with zero attached hydrogens (tertiary/aromatic N) is 4. The molecule has 0 bridgehead atoms. The minimum Gasteiger partial charge on any atom is -0.465 e. The number of carbonyl (C=O) groups is 1. The summed E-state index contributed by atoms with van der Waals surface area (Å²) in [5.41, 5.74) is 2.97. The Morgan fingerprint density at radius 1 is 1.33 bits per heavy atom. The van der Waals surface area contributed by atoms with Crippen LogP contribution in [0.3, 0.4) is 0 Å². The number of aryl methyl sites for hydroxylation is 1. The molecule has 1 aromatic carbocycles. The summed E-state index contributed by atoms with van der Waals surface area (Å²) in [6, 6.07) is 6.93. The van der Waals surface area contributed by atoms with Gasteiger partial charge in [-0.25, -0.2) is 9.78 Å². The number of aromatic nitrogens is 4. The lowest BCUT2D eigenvalue weighted by atomic mass is 10.3. The van der Waals surface area contributed by atoms with E-state index in [0.717, 1.165) is 17.6 Å². The fraction of sp³-hybridized carbons (Fsp3) is 0.200. The molecule has 0 spiro atoms. The van der Waals surface area contributed by atoms with E-state index in [1.807, 2.05) is 19.2 Å². The first-order valence-corrected chi connectivity index (χ1v) is 8.49. The molecule has 2 aromatic heterocycles. The van der Waals surface area contributed by atoms with Gasteiger partial charge in [0.1, 0.15) is 0 Å². The van der Waals surface area contributed by atoms with Crippen LogP contribution in [0, 0.1) is 0 Å². The topological polar surface area (TPSA) is 104 Å². The van der Waals surface area contributed by atoms with E-state index in [2.05, 4.69) is 25.7 Å². The Hall–Kier alpha value is -2.81. The van der Waals surface area contributed by atoms with E-state index in [4.69, 9.17) is 5.11 Å². The highest BCUT2D eigenvalue weighted by Crippen LogP contribution is 2.22. The van der Waals surface area contributed by atoms with E-state index >= 15 is 0 Å². The van der Waals surface area contributed by atoms with Crippen molar-refractivity contribution in [2.45, 2.75) is 18.5 Å². The summed E-state index contributed by atoms with van der Waals surface area (Å²) in [5, 5.41) is 19.3. The lowest BCUT2D eigenvalue weighted by Gasteiger charge is -2.10. The quantitative estimate of drug-likeness (QED) is 0.610. The molecule has 0 fully saturated rings. The summed E-state index contributed by atoms with van der Waals surface area (Å²) in [7, 11) is 0. The van der Waals surface area contributed by atoms with Gasteiger partial charge in [-0.05, 0) is 30.9 Å². The highest BCUT2D eigenvalue weighted by Gasteiger charge is 2.12. The van der Waals surface area contributed by atoms with Crippen LogP contribution >= 0.6 is 11.8 Å². The van der Waals surface area contributed by atoms with Gasteiger partial charge in [0.2, 0.25) is 5.95 Å². The molecule has 0 saturated carbocycles. The van der Waals surface area contributed by atoms with Crippen molar-refractivity contribution in [1.29, 1.82) is 0 Å². The van der Waals surface area contributed by atoms with Gasteiger partial charge in [0.25, 0.3) is 0 Å². The Kier molecular flexibility index (Phi) is 4.52. The summed E-state index contributed by atoms with van der Waals surface area (Å²) in [5.74, 6) is 0.525. The zero-order valence-electron chi connectivity index (χ0n) is 13.1. The maximum atomic E-state index is 10.8. The van der Waals surface area contributed by atoms with Crippen LogP contribution in [0.25, 0.3) is 5.65 Å². The first-order valence-electron chi connectivity index (χ1n) is 7.26. The van der Waals surface area contributed by atoms with Crippen LogP contribution in [0.5, 0.6) is 0 Å². The summed E-state index contributed by atoms with van der Waals surface area (Å²) in [6.45, 7) is 2.05. The van der Waals surface area contributed by atoms with Crippen molar-refractivity contribution in [3.63, 3.8) is 0 Å². The number of amides is 1. The van der Waals surface area contributed by atoms with Gasteiger partial charge in [-0.15, -0.1) is 0 Å². The molecule has 0 unspecified atom stereocenters. The molecule has 0 aliphatic heterocycles. The summed E-state index contributed by atoms with van der Waals surface area (Å²) < 4.78 is 1.65. The third-order valence-electron chi connectivity index (χ3n) is 3.35. The summed E-state index contributed by atoms with van der Waals surface area (Å²) in [6.07, 6.45) is 3.41. The molecule has 0 radical (unpaired) electrons. The van der Waals surface area contributed by atoms with Crippen molar-refractivity contribution in [3.05, 3.63) is 36.0 Å². The fourth-order valence-electron chi connectivity index (χ4n) is 2.25. The largest absolute Gasteiger partial charge is 0.465 e. The number of rotatable bonds is 5. The molecule has 9 heteroatoms. The first-order chi connectivity index (χ1) is 11.6. The van der Waals surface area contributed by atoms with Crippen molar-refractivity contribution >= 4 is 40.8 Å². The molecule has 0 aliphatic rings. The van der Waals surface area contributed by atoms with E-state index in [1.165, 1.54) is 11.8 Å². The number of nitrogens with one attached hydrogen (secondary N) is 2. The second kappa shape index (κ2) is 6.75. The monoisotopic (exact) mass is 344 g/mol.